The van der Waals surface area contributed by atoms with Gasteiger partial charge in [-0.15, -0.1) is 0 Å². The minimum Gasteiger partial charge on any atom is -0.357 e. The molecule has 1 atom stereocenters. The van der Waals surface area contributed by atoms with Crippen LogP contribution in [0.4, 0.5) is 0 Å². The number of hydrogen-bond donors (Lipinski definition) is 1. The number of benzene rings is 2. The van der Waals surface area contributed by atoms with Crippen LogP contribution in [0.2, 0.25) is 0 Å². The predicted octanol–water partition coefficient (Wildman–Crippen LogP) is 3.17. The zero-order valence-corrected chi connectivity index (χ0v) is 14.9. The third kappa shape index (κ3) is 5.45. The van der Waals surface area contributed by atoms with Crippen molar-refractivity contribution in [1.82, 2.24) is 10.2 Å². The summed E-state index contributed by atoms with van der Waals surface area (Å²) >= 11 is 0. The van der Waals surface area contributed by atoms with Gasteiger partial charge in [0.05, 0.1) is 0 Å². The van der Waals surface area contributed by atoms with E-state index in [9.17, 15) is 9.59 Å². The Kier molecular flexibility index (Phi) is 7.20. The lowest BCUT2D eigenvalue weighted by Crippen LogP contribution is -2.48. The fourth-order valence-electron chi connectivity index (χ4n) is 2.91. The van der Waals surface area contributed by atoms with Crippen molar-refractivity contribution < 1.29 is 9.59 Å². The molecule has 0 heterocycles. The summed E-state index contributed by atoms with van der Waals surface area (Å²) in [6.45, 7) is 2.38. The monoisotopic (exact) mass is 338 g/mol. The van der Waals surface area contributed by atoms with Gasteiger partial charge in [-0.1, -0.05) is 67.6 Å². The van der Waals surface area contributed by atoms with Gasteiger partial charge in [-0.2, -0.15) is 0 Å². The van der Waals surface area contributed by atoms with Gasteiger partial charge < -0.3 is 10.2 Å². The van der Waals surface area contributed by atoms with E-state index in [1.165, 1.54) is 0 Å². The van der Waals surface area contributed by atoms with Crippen LogP contribution in [0.15, 0.2) is 60.7 Å². The number of nitrogens with zero attached hydrogens (tertiary/aromatic N) is 1. The number of likely N-dealkylation sites (N-methyl/N-ethyl adjacent to an activating group) is 1. The summed E-state index contributed by atoms with van der Waals surface area (Å²) in [6.07, 6.45) is 1.66. The van der Waals surface area contributed by atoms with Crippen molar-refractivity contribution >= 4 is 11.8 Å². The molecule has 2 amide bonds. The second-order valence-corrected chi connectivity index (χ2v) is 6.03. The molecule has 4 heteroatoms. The molecule has 0 radical (unpaired) electrons. The molecule has 0 unspecified atom stereocenters. The molecule has 2 aromatic rings. The summed E-state index contributed by atoms with van der Waals surface area (Å²) in [4.78, 5) is 26.8. The highest BCUT2D eigenvalue weighted by Crippen LogP contribution is 2.15. The molecule has 0 spiro atoms. The first-order valence-electron chi connectivity index (χ1n) is 8.74. The van der Waals surface area contributed by atoms with Crippen molar-refractivity contribution in [2.45, 2.75) is 38.8 Å². The first-order chi connectivity index (χ1) is 12.2. The number of carbonyl (C=O) groups is 2. The zero-order chi connectivity index (χ0) is 18.1. The Labute approximate surface area is 149 Å². The summed E-state index contributed by atoms with van der Waals surface area (Å²) in [6, 6.07) is 19.3. The van der Waals surface area contributed by atoms with Crippen molar-refractivity contribution in [3.8, 4) is 0 Å². The predicted molar refractivity (Wildman–Crippen MR) is 99.9 cm³/mol. The Morgan fingerprint density at radius 3 is 2.04 bits per heavy atom. The molecule has 132 valence electrons. The van der Waals surface area contributed by atoms with Gasteiger partial charge in [0, 0.05) is 20.0 Å². The van der Waals surface area contributed by atoms with Crippen LogP contribution in [0.1, 0.15) is 30.9 Å². The van der Waals surface area contributed by atoms with Crippen LogP contribution < -0.4 is 5.32 Å². The molecule has 0 bridgehead atoms. The molecule has 0 aliphatic carbocycles. The highest BCUT2D eigenvalue weighted by Gasteiger charge is 2.27. The third-order valence-electron chi connectivity index (χ3n) is 4.30. The smallest absolute Gasteiger partial charge is 0.242 e. The number of carbonyl (C=O) groups excluding carboxylic acids is 2. The van der Waals surface area contributed by atoms with Gasteiger partial charge in [0.25, 0.3) is 0 Å². The molecule has 2 aromatic carbocycles. The summed E-state index contributed by atoms with van der Waals surface area (Å²) < 4.78 is 0. The molecule has 4 nitrogen and oxygen atoms in total. The van der Waals surface area contributed by atoms with E-state index in [0.717, 1.165) is 11.1 Å². The van der Waals surface area contributed by atoms with E-state index in [1.807, 2.05) is 67.6 Å². The average molecular weight is 338 g/mol. The lowest BCUT2D eigenvalue weighted by molar-refractivity contribution is -0.141. The molecular weight excluding hydrogens is 312 g/mol. The van der Waals surface area contributed by atoms with Gasteiger partial charge in [0.1, 0.15) is 6.04 Å². The molecule has 2 rings (SSSR count). The van der Waals surface area contributed by atoms with Crippen LogP contribution in [0, 0.1) is 0 Å². The SMILES string of the molecule is CC[C@@H](C(=O)NC)N(Cc1ccccc1)C(=O)CCc1ccccc1. The average Bonchev–Trinajstić information content (AvgIpc) is 2.67. The largest absolute Gasteiger partial charge is 0.357 e. The van der Waals surface area contributed by atoms with Crippen LogP contribution in [0.25, 0.3) is 0 Å². The first kappa shape index (κ1) is 18.7. The van der Waals surface area contributed by atoms with Crippen LogP contribution in [0.3, 0.4) is 0 Å². The number of hydrogen-bond acceptors (Lipinski definition) is 2. The van der Waals surface area contributed by atoms with Crippen molar-refractivity contribution in [2.75, 3.05) is 7.05 Å². The topological polar surface area (TPSA) is 49.4 Å². The zero-order valence-electron chi connectivity index (χ0n) is 14.9. The Bertz CT molecular complexity index is 671. The normalized spacial score (nSPS) is 11.6. The van der Waals surface area contributed by atoms with E-state index < -0.39 is 6.04 Å². The maximum atomic E-state index is 12.9. The van der Waals surface area contributed by atoms with E-state index in [0.29, 0.717) is 25.8 Å². The molecule has 0 saturated heterocycles. The van der Waals surface area contributed by atoms with Crippen molar-refractivity contribution in [3.63, 3.8) is 0 Å². The Balaban J connectivity index is 2.14. The van der Waals surface area contributed by atoms with Crippen LogP contribution in [-0.4, -0.2) is 29.8 Å². The summed E-state index contributed by atoms with van der Waals surface area (Å²) in [5.74, 6) is -0.116. The van der Waals surface area contributed by atoms with Crippen molar-refractivity contribution in [2.24, 2.45) is 0 Å². The van der Waals surface area contributed by atoms with Crippen LogP contribution in [0.5, 0.6) is 0 Å². The molecule has 0 aliphatic rings. The Hall–Kier alpha value is -2.62. The number of aryl methyl sites for hydroxylation is 1. The number of rotatable bonds is 8. The van der Waals surface area contributed by atoms with E-state index >= 15 is 0 Å². The van der Waals surface area contributed by atoms with E-state index in [4.69, 9.17) is 0 Å². The standard InChI is InChI=1S/C21H26N2O2/c1-3-19(21(25)22-2)23(16-18-12-8-5-9-13-18)20(24)15-14-17-10-6-4-7-11-17/h4-13,19H,3,14-16H2,1-2H3,(H,22,25)/t19-/m0/s1. The maximum Gasteiger partial charge on any atom is 0.242 e. The van der Waals surface area contributed by atoms with Gasteiger partial charge in [-0.25, -0.2) is 0 Å². The molecule has 25 heavy (non-hydrogen) atoms. The fourth-order valence-corrected chi connectivity index (χ4v) is 2.91. The van der Waals surface area contributed by atoms with E-state index in [-0.39, 0.29) is 11.8 Å². The Morgan fingerprint density at radius 2 is 1.52 bits per heavy atom. The van der Waals surface area contributed by atoms with Crippen molar-refractivity contribution in [3.05, 3.63) is 71.8 Å². The van der Waals surface area contributed by atoms with Gasteiger partial charge in [-0.3, -0.25) is 9.59 Å². The first-order valence-corrected chi connectivity index (χ1v) is 8.74. The Morgan fingerprint density at radius 1 is 0.960 bits per heavy atom. The number of nitrogens with one attached hydrogen (secondary N) is 1. The molecule has 0 aromatic heterocycles. The quantitative estimate of drug-likeness (QED) is 0.804. The lowest BCUT2D eigenvalue weighted by atomic mass is 10.1. The highest BCUT2D eigenvalue weighted by molar-refractivity contribution is 5.87. The molecule has 0 fully saturated rings. The lowest BCUT2D eigenvalue weighted by Gasteiger charge is -2.30. The van der Waals surface area contributed by atoms with E-state index in [1.54, 1.807) is 11.9 Å². The molecular formula is C21H26N2O2. The van der Waals surface area contributed by atoms with Gasteiger partial charge in [0.15, 0.2) is 0 Å². The second kappa shape index (κ2) is 9.62. The maximum absolute atomic E-state index is 12.9. The van der Waals surface area contributed by atoms with Gasteiger partial charge in [-0.05, 0) is 24.0 Å². The summed E-state index contributed by atoms with van der Waals surface area (Å²) in [5, 5.41) is 2.68. The molecule has 0 aliphatic heterocycles. The third-order valence-corrected chi connectivity index (χ3v) is 4.30. The number of amides is 2. The summed E-state index contributed by atoms with van der Waals surface area (Å²) in [7, 11) is 1.61. The van der Waals surface area contributed by atoms with Crippen LogP contribution >= 0.6 is 0 Å². The second-order valence-electron chi connectivity index (χ2n) is 6.03. The highest BCUT2D eigenvalue weighted by atomic mass is 16.2. The summed E-state index contributed by atoms with van der Waals surface area (Å²) in [5.41, 5.74) is 2.15. The van der Waals surface area contributed by atoms with Gasteiger partial charge >= 0.3 is 0 Å². The van der Waals surface area contributed by atoms with Crippen LogP contribution in [-0.2, 0) is 22.6 Å². The molecule has 1 N–H and O–H groups in total. The minimum atomic E-state index is -0.450. The van der Waals surface area contributed by atoms with E-state index in [2.05, 4.69) is 5.32 Å². The fraction of sp³-hybridized carbons (Fsp3) is 0.333. The molecule has 0 saturated carbocycles. The minimum absolute atomic E-state index is 0.00292. The van der Waals surface area contributed by atoms with Gasteiger partial charge in [0.2, 0.25) is 11.8 Å². The van der Waals surface area contributed by atoms with Crippen molar-refractivity contribution in [1.29, 1.82) is 0 Å².